The Balaban J connectivity index is 1.36. The fourth-order valence-corrected chi connectivity index (χ4v) is 4.43. The molecule has 2 aliphatic rings. The predicted molar refractivity (Wildman–Crippen MR) is 112 cm³/mol. The molecule has 0 aromatic carbocycles. The number of H-pyrrole nitrogens is 1. The van der Waals surface area contributed by atoms with Crippen molar-refractivity contribution in [3.63, 3.8) is 0 Å². The van der Waals surface area contributed by atoms with Crippen molar-refractivity contribution in [2.75, 3.05) is 31.1 Å². The summed E-state index contributed by atoms with van der Waals surface area (Å²) in [6.07, 6.45) is 2.64. The number of nitrogens with one attached hydrogen (secondary N) is 1. The Labute approximate surface area is 182 Å². The van der Waals surface area contributed by atoms with E-state index < -0.39 is 18.0 Å². The molecule has 3 N–H and O–H groups in total. The number of piperazine rings is 1. The molecule has 2 aromatic heterocycles. The maximum absolute atomic E-state index is 12.9. The van der Waals surface area contributed by atoms with Gasteiger partial charge in [-0.15, -0.1) is 0 Å². The summed E-state index contributed by atoms with van der Waals surface area (Å²) >= 11 is 0. The first kappa shape index (κ1) is 22.1. The summed E-state index contributed by atoms with van der Waals surface area (Å²) in [6, 6.07) is 0. The van der Waals surface area contributed by atoms with Gasteiger partial charge in [0.05, 0.1) is 12.1 Å². The molecule has 4 rings (SSSR count). The number of alkyl halides is 3. The van der Waals surface area contributed by atoms with Crippen LogP contribution in [0.2, 0.25) is 0 Å². The van der Waals surface area contributed by atoms with Crippen LogP contribution in [0.5, 0.6) is 0 Å². The second-order valence-corrected chi connectivity index (χ2v) is 8.31. The molecular weight excluding hydrogens is 425 g/mol. The Morgan fingerprint density at radius 3 is 2.44 bits per heavy atom. The van der Waals surface area contributed by atoms with E-state index in [1.165, 1.54) is 6.08 Å². The lowest BCUT2D eigenvalue weighted by Crippen LogP contribution is -2.51. The molecule has 2 aromatic rings. The highest BCUT2D eigenvalue weighted by molar-refractivity contribution is 5.93. The normalized spacial score (nSPS) is 22.6. The van der Waals surface area contributed by atoms with Crippen LogP contribution in [0.25, 0.3) is 17.2 Å². The number of amides is 2. The quantitative estimate of drug-likeness (QED) is 0.696. The maximum atomic E-state index is 12.9. The Kier molecular flexibility index (Phi) is 6.07. The standard InChI is InChI=1S/C21H25F3N6O2/c22-21(23,24)15-4-1-13(2-5-15)20(32)30-9-7-29(8-10-30)17-12-27-19-18(28-17)14(11-26-19)3-6-16(25)31/h3,6,11-13,15H,1-2,4-5,7-10H2,(H2,25,31)(H,26,27)/b6-3+/t13-,15+. The summed E-state index contributed by atoms with van der Waals surface area (Å²) in [5.41, 5.74) is 7.04. The molecule has 1 aliphatic carbocycles. The summed E-state index contributed by atoms with van der Waals surface area (Å²) in [5.74, 6) is -1.56. The second-order valence-electron chi connectivity index (χ2n) is 8.31. The zero-order valence-electron chi connectivity index (χ0n) is 17.4. The van der Waals surface area contributed by atoms with Crippen LogP contribution in [-0.4, -0.2) is 64.0 Å². The minimum absolute atomic E-state index is 0.0265. The van der Waals surface area contributed by atoms with Gasteiger partial charge in [0.2, 0.25) is 11.8 Å². The highest BCUT2D eigenvalue weighted by Gasteiger charge is 2.43. The van der Waals surface area contributed by atoms with Crippen molar-refractivity contribution in [3.05, 3.63) is 24.0 Å². The fraction of sp³-hybridized carbons (Fsp3) is 0.524. The van der Waals surface area contributed by atoms with Crippen molar-refractivity contribution in [2.45, 2.75) is 31.9 Å². The molecular formula is C21H25F3N6O2. The van der Waals surface area contributed by atoms with E-state index in [1.807, 2.05) is 4.90 Å². The van der Waals surface area contributed by atoms with Gasteiger partial charge in [0.1, 0.15) is 11.3 Å². The lowest BCUT2D eigenvalue weighted by atomic mass is 9.81. The monoisotopic (exact) mass is 450 g/mol. The number of nitrogens with two attached hydrogens (primary N) is 1. The van der Waals surface area contributed by atoms with Crippen molar-refractivity contribution in [1.29, 1.82) is 0 Å². The average molecular weight is 450 g/mol. The Bertz CT molecular complexity index is 1020. The number of nitrogens with zero attached hydrogens (tertiary/aromatic N) is 4. The van der Waals surface area contributed by atoms with Crippen molar-refractivity contribution in [2.24, 2.45) is 17.6 Å². The third-order valence-corrected chi connectivity index (χ3v) is 6.28. The number of hydrogen-bond donors (Lipinski definition) is 2. The number of halogens is 3. The molecule has 8 nitrogen and oxygen atoms in total. The molecule has 0 atom stereocenters. The number of anilines is 1. The van der Waals surface area contributed by atoms with E-state index in [9.17, 15) is 22.8 Å². The largest absolute Gasteiger partial charge is 0.391 e. The molecule has 2 amide bonds. The predicted octanol–water partition coefficient (Wildman–Crippen LogP) is 2.47. The smallest absolute Gasteiger partial charge is 0.366 e. The van der Waals surface area contributed by atoms with E-state index in [4.69, 9.17) is 5.73 Å². The molecule has 0 spiro atoms. The van der Waals surface area contributed by atoms with Crippen molar-refractivity contribution in [1.82, 2.24) is 19.9 Å². The Hall–Kier alpha value is -3.11. The number of fused-ring (bicyclic) bond motifs is 1. The SMILES string of the molecule is NC(=O)/C=C/c1c[nH]c2ncc(N3CCN(C(=O)[C@H]4CC[C@@H](C(F)(F)F)CC4)CC3)nc12. The average Bonchev–Trinajstić information content (AvgIpc) is 3.19. The zero-order valence-corrected chi connectivity index (χ0v) is 17.4. The number of aromatic nitrogens is 3. The van der Waals surface area contributed by atoms with Gasteiger partial charge in [-0.2, -0.15) is 13.2 Å². The van der Waals surface area contributed by atoms with Crippen molar-refractivity contribution in [3.8, 4) is 0 Å². The Morgan fingerprint density at radius 1 is 1.12 bits per heavy atom. The van der Waals surface area contributed by atoms with Crippen LogP contribution in [0.4, 0.5) is 19.0 Å². The number of primary amides is 1. The van der Waals surface area contributed by atoms with E-state index in [0.717, 1.165) is 0 Å². The lowest BCUT2D eigenvalue weighted by molar-refractivity contribution is -0.185. The maximum Gasteiger partial charge on any atom is 0.391 e. The highest BCUT2D eigenvalue weighted by atomic mass is 19.4. The van der Waals surface area contributed by atoms with Gasteiger partial charge in [0.25, 0.3) is 0 Å². The van der Waals surface area contributed by atoms with Gasteiger partial charge in [0.15, 0.2) is 5.65 Å². The van der Waals surface area contributed by atoms with Crippen LogP contribution in [0.15, 0.2) is 18.5 Å². The summed E-state index contributed by atoms with van der Waals surface area (Å²) in [4.78, 5) is 39.6. The first-order chi connectivity index (χ1) is 15.2. The van der Waals surface area contributed by atoms with Crippen molar-refractivity contribution < 1.29 is 22.8 Å². The lowest BCUT2D eigenvalue weighted by Gasteiger charge is -2.38. The second kappa shape index (κ2) is 8.79. The van der Waals surface area contributed by atoms with E-state index in [0.29, 0.717) is 61.6 Å². The molecule has 0 unspecified atom stereocenters. The van der Waals surface area contributed by atoms with Gasteiger partial charge in [0, 0.05) is 49.9 Å². The first-order valence-electron chi connectivity index (χ1n) is 10.6. The third kappa shape index (κ3) is 4.71. The van der Waals surface area contributed by atoms with Crippen LogP contribution in [0.1, 0.15) is 31.2 Å². The number of hydrogen-bond acceptors (Lipinski definition) is 5. The number of aromatic amines is 1. The zero-order chi connectivity index (χ0) is 22.9. The molecule has 32 heavy (non-hydrogen) atoms. The van der Waals surface area contributed by atoms with Gasteiger partial charge in [-0.3, -0.25) is 9.59 Å². The van der Waals surface area contributed by atoms with E-state index in [-0.39, 0.29) is 24.7 Å². The molecule has 0 bridgehead atoms. The summed E-state index contributed by atoms with van der Waals surface area (Å²) in [7, 11) is 0. The molecule has 172 valence electrons. The van der Waals surface area contributed by atoms with E-state index in [1.54, 1.807) is 23.4 Å². The van der Waals surface area contributed by atoms with Gasteiger partial charge < -0.3 is 20.5 Å². The minimum atomic E-state index is -4.17. The fourth-order valence-electron chi connectivity index (χ4n) is 4.43. The molecule has 2 fully saturated rings. The van der Waals surface area contributed by atoms with Crippen LogP contribution in [0, 0.1) is 11.8 Å². The molecule has 3 heterocycles. The minimum Gasteiger partial charge on any atom is -0.366 e. The van der Waals surface area contributed by atoms with Crippen molar-refractivity contribution >= 4 is 34.9 Å². The molecule has 1 saturated carbocycles. The summed E-state index contributed by atoms with van der Waals surface area (Å²) in [6.45, 7) is 2.08. The first-order valence-corrected chi connectivity index (χ1v) is 10.6. The van der Waals surface area contributed by atoms with Gasteiger partial charge in [-0.25, -0.2) is 9.97 Å². The van der Waals surface area contributed by atoms with Crippen LogP contribution in [0.3, 0.4) is 0 Å². The molecule has 1 aliphatic heterocycles. The number of carbonyl (C=O) groups is 2. The molecule has 11 heteroatoms. The van der Waals surface area contributed by atoms with Gasteiger partial charge in [-0.05, 0) is 31.8 Å². The molecule has 0 radical (unpaired) electrons. The third-order valence-electron chi connectivity index (χ3n) is 6.28. The van der Waals surface area contributed by atoms with E-state index in [2.05, 4.69) is 15.0 Å². The van der Waals surface area contributed by atoms with Crippen LogP contribution >= 0.6 is 0 Å². The highest BCUT2D eigenvalue weighted by Crippen LogP contribution is 2.40. The number of carbonyl (C=O) groups excluding carboxylic acids is 2. The van der Waals surface area contributed by atoms with Crippen LogP contribution < -0.4 is 10.6 Å². The summed E-state index contributed by atoms with van der Waals surface area (Å²) < 4.78 is 38.6. The summed E-state index contributed by atoms with van der Waals surface area (Å²) in [5, 5.41) is 0. The van der Waals surface area contributed by atoms with Crippen LogP contribution in [-0.2, 0) is 9.59 Å². The van der Waals surface area contributed by atoms with Gasteiger partial charge >= 0.3 is 6.18 Å². The number of rotatable bonds is 4. The van der Waals surface area contributed by atoms with E-state index >= 15 is 0 Å². The molecule has 1 saturated heterocycles. The topological polar surface area (TPSA) is 108 Å². The Morgan fingerprint density at radius 2 is 1.81 bits per heavy atom. The van der Waals surface area contributed by atoms with Gasteiger partial charge in [-0.1, -0.05) is 0 Å².